The molecule has 1 aliphatic rings. The summed E-state index contributed by atoms with van der Waals surface area (Å²) in [7, 11) is 0. The van der Waals surface area contributed by atoms with E-state index in [1.165, 1.54) is 4.90 Å². The fraction of sp³-hybridized carbons (Fsp3) is 0.571. The van der Waals surface area contributed by atoms with E-state index in [4.69, 9.17) is 14.6 Å². The van der Waals surface area contributed by atoms with E-state index in [9.17, 15) is 22.8 Å². The van der Waals surface area contributed by atoms with Gasteiger partial charge in [0.05, 0.1) is 13.2 Å². The van der Waals surface area contributed by atoms with Crippen LogP contribution in [-0.2, 0) is 22.5 Å². The second-order valence-corrected chi connectivity index (χ2v) is 8.26. The topological polar surface area (TPSA) is 112 Å². The summed E-state index contributed by atoms with van der Waals surface area (Å²) in [4.78, 5) is 28.9. The smallest absolute Gasteiger partial charge is 0.471 e. The number of rotatable bonds is 6. The van der Waals surface area contributed by atoms with Gasteiger partial charge >= 0.3 is 18.2 Å². The molecule has 1 aliphatic heterocycles. The molecule has 184 valence electrons. The third kappa shape index (κ3) is 8.79. The lowest BCUT2D eigenvalue weighted by Crippen LogP contribution is -2.50. The van der Waals surface area contributed by atoms with Crippen molar-refractivity contribution < 1.29 is 37.3 Å². The largest absolute Gasteiger partial charge is 0.491 e. The molecule has 0 spiro atoms. The second-order valence-electron chi connectivity index (χ2n) is 8.26. The van der Waals surface area contributed by atoms with Gasteiger partial charge in [-0.3, -0.25) is 15.1 Å². The summed E-state index contributed by atoms with van der Waals surface area (Å²) >= 11 is 0. The maximum absolute atomic E-state index is 12.8. The number of aliphatic hydroxyl groups excluding tert-OH is 1. The van der Waals surface area contributed by atoms with Gasteiger partial charge in [-0.2, -0.15) is 13.2 Å². The quantitative estimate of drug-likeness (QED) is 0.330. The van der Waals surface area contributed by atoms with E-state index >= 15 is 0 Å². The van der Waals surface area contributed by atoms with E-state index in [0.29, 0.717) is 18.7 Å². The number of carbonyl (C=O) groups excluding carboxylic acids is 2. The Balaban J connectivity index is 2.08. The average Bonchev–Trinajstić information content (AvgIpc) is 2.71. The number of benzene rings is 1. The van der Waals surface area contributed by atoms with E-state index in [1.807, 2.05) is 11.4 Å². The van der Waals surface area contributed by atoms with E-state index < -0.39 is 23.8 Å². The fourth-order valence-electron chi connectivity index (χ4n) is 2.99. The number of aliphatic hydroxyl groups is 1. The van der Waals surface area contributed by atoms with E-state index in [2.05, 4.69) is 10.3 Å². The highest BCUT2D eigenvalue weighted by Gasteiger charge is 2.40. The van der Waals surface area contributed by atoms with Gasteiger partial charge in [0.15, 0.2) is 0 Å². The maximum atomic E-state index is 12.8. The number of guanidine groups is 1. The molecular formula is C21H29F3N4O5. The van der Waals surface area contributed by atoms with Crippen molar-refractivity contribution in [3.05, 3.63) is 29.3 Å². The summed E-state index contributed by atoms with van der Waals surface area (Å²) in [6, 6.07) is 5.30. The molecule has 0 fully saturated rings. The predicted octanol–water partition coefficient (Wildman–Crippen LogP) is 1.97. The zero-order chi connectivity index (χ0) is 24.6. The van der Waals surface area contributed by atoms with Gasteiger partial charge in [-0.15, -0.1) is 0 Å². The van der Waals surface area contributed by atoms with Crippen molar-refractivity contribution in [1.29, 1.82) is 0 Å². The molecule has 1 aromatic rings. The number of nitrogens with one attached hydrogen (secondary N) is 2. The Morgan fingerprint density at radius 2 is 1.94 bits per heavy atom. The third-order valence-corrected chi connectivity index (χ3v) is 4.37. The number of halogens is 3. The number of nitrogens with zero attached hydrogens (tertiary/aromatic N) is 2. The summed E-state index contributed by atoms with van der Waals surface area (Å²) in [6.45, 7) is 5.62. The lowest BCUT2D eigenvalue weighted by atomic mass is 9.99. The summed E-state index contributed by atoms with van der Waals surface area (Å²) in [5.74, 6) is -1.77. The van der Waals surface area contributed by atoms with Crippen LogP contribution in [-0.4, -0.2) is 72.6 Å². The molecule has 3 N–H and O–H groups in total. The lowest BCUT2D eigenvalue weighted by molar-refractivity contribution is -0.172. The van der Waals surface area contributed by atoms with Crippen LogP contribution in [0.2, 0.25) is 0 Å². The number of aliphatic imine (C=N–C) groups is 1. The fourth-order valence-corrected chi connectivity index (χ4v) is 2.99. The molecule has 1 heterocycles. The van der Waals surface area contributed by atoms with Gasteiger partial charge in [-0.05, 0) is 50.5 Å². The number of fused-ring (bicyclic) bond motifs is 1. The number of ether oxygens (including phenoxy) is 2. The van der Waals surface area contributed by atoms with Gasteiger partial charge in [0.2, 0.25) is 5.96 Å². The van der Waals surface area contributed by atoms with Crippen molar-refractivity contribution in [2.75, 3.05) is 32.8 Å². The van der Waals surface area contributed by atoms with Gasteiger partial charge in [-0.25, -0.2) is 4.79 Å². The molecule has 0 radical (unpaired) electrons. The number of alkyl halides is 3. The number of hydrogen-bond acceptors (Lipinski definition) is 6. The van der Waals surface area contributed by atoms with E-state index in [-0.39, 0.29) is 38.8 Å². The Morgan fingerprint density at radius 3 is 2.58 bits per heavy atom. The van der Waals surface area contributed by atoms with Crippen molar-refractivity contribution in [2.24, 2.45) is 4.99 Å². The number of hydrogen-bond donors (Lipinski definition) is 3. The van der Waals surface area contributed by atoms with Crippen molar-refractivity contribution in [1.82, 2.24) is 15.5 Å². The molecule has 0 saturated heterocycles. The molecule has 9 nitrogen and oxygen atoms in total. The van der Waals surface area contributed by atoms with Crippen LogP contribution in [0.5, 0.6) is 5.75 Å². The zero-order valence-corrected chi connectivity index (χ0v) is 18.8. The number of carbonyl (C=O) groups is 2. The van der Waals surface area contributed by atoms with Crippen LogP contribution in [0.3, 0.4) is 0 Å². The zero-order valence-electron chi connectivity index (χ0n) is 18.8. The first-order chi connectivity index (χ1) is 15.4. The molecule has 0 bridgehead atoms. The average molecular weight is 474 g/mol. The van der Waals surface area contributed by atoms with Gasteiger partial charge in [0.1, 0.15) is 18.0 Å². The summed E-state index contributed by atoms with van der Waals surface area (Å²) < 4.78 is 48.9. The predicted molar refractivity (Wildman–Crippen MR) is 114 cm³/mol. The van der Waals surface area contributed by atoms with E-state index in [1.54, 1.807) is 32.9 Å². The normalized spacial score (nSPS) is 14.4. The van der Waals surface area contributed by atoms with E-state index in [0.717, 1.165) is 11.1 Å². The number of alkyl carbamates (subject to hydrolysis) is 1. The van der Waals surface area contributed by atoms with Gasteiger partial charge in [-0.1, -0.05) is 6.07 Å². The van der Waals surface area contributed by atoms with Gasteiger partial charge in [0.25, 0.3) is 0 Å². The molecule has 0 unspecified atom stereocenters. The summed E-state index contributed by atoms with van der Waals surface area (Å²) in [6.07, 6.45) is -5.25. The molecule has 12 heteroatoms. The molecule has 0 saturated carbocycles. The molecule has 1 aromatic carbocycles. The second kappa shape index (κ2) is 11.2. The lowest BCUT2D eigenvalue weighted by Gasteiger charge is -2.32. The molecule has 0 aromatic heterocycles. The van der Waals surface area contributed by atoms with Crippen molar-refractivity contribution in [3.8, 4) is 5.75 Å². The van der Waals surface area contributed by atoms with Crippen molar-refractivity contribution >= 4 is 18.0 Å². The van der Waals surface area contributed by atoms with Gasteiger partial charge in [0, 0.05) is 19.6 Å². The molecule has 33 heavy (non-hydrogen) atoms. The minimum Gasteiger partial charge on any atom is -0.491 e. The minimum absolute atomic E-state index is 0.0102. The summed E-state index contributed by atoms with van der Waals surface area (Å²) in [5, 5.41) is 13.2. The Labute approximate surface area is 189 Å². The summed E-state index contributed by atoms with van der Waals surface area (Å²) in [5.41, 5.74) is 1.11. The first kappa shape index (κ1) is 26.2. The van der Waals surface area contributed by atoms with Crippen molar-refractivity contribution in [3.63, 3.8) is 0 Å². The Hall–Kier alpha value is -3.02. The molecule has 2 rings (SSSR count). The highest BCUT2D eigenvalue weighted by Crippen LogP contribution is 2.24. The van der Waals surface area contributed by atoms with Crippen LogP contribution in [0.1, 0.15) is 31.9 Å². The first-order valence-electron chi connectivity index (χ1n) is 10.4. The molecule has 0 atom stereocenters. The standard InChI is InChI=1S/C21H29F3N4O5/c1-20(2,3)33-19(31)26-8-7-25-18(27-17(30)21(22,23)24)28-9-6-14-12-16(32-11-10-29)5-4-15(14)13-28/h4-5,12,29H,6-11,13H2,1-3H3,(H,26,31)(H,25,27,30). The highest BCUT2D eigenvalue weighted by atomic mass is 19.4. The Bertz CT molecular complexity index is 868. The Kier molecular flexibility index (Phi) is 8.91. The van der Waals surface area contributed by atoms with Crippen LogP contribution in [0, 0.1) is 0 Å². The molecule has 2 amide bonds. The molecule has 0 aliphatic carbocycles. The number of amides is 2. The first-order valence-corrected chi connectivity index (χ1v) is 10.4. The van der Waals surface area contributed by atoms with Crippen LogP contribution in [0.25, 0.3) is 0 Å². The third-order valence-electron chi connectivity index (χ3n) is 4.37. The van der Waals surface area contributed by atoms with Crippen LogP contribution < -0.4 is 15.4 Å². The molecular weight excluding hydrogens is 445 g/mol. The maximum Gasteiger partial charge on any atom is 0.471 e. The Morgan fingerprint density at radius 1 is 1.21 bits per heavy atom. The van der Waals surface area contributed by atoms with Crippen LogP contribution in [0.4, 0.5) is 18.0 Å². The SMILES string of the molecule is CC(C)(C)OC(=O)NCCN=C(NC(=O)C(F)(F)F)N1CCc2cc(OCCO)ccc2C1. The monoisotopic (exact) mass is 474 g/mol. The minimum atomic E-state index is -5.07. The highest BCUT2D eigenvalue weighted by molar-refractivity contribution is 5.99. The van der Waals surface area contributed by atoms with Crippen molar-refractivity contribution in [2.45, 2.75) is 45.5 Å². The van der Waals surface area contributed by atoms with Crippen LogP contribution in [0.15, 0.2) is 23.2 Å². The van der Waals surface area contributed by atoms with Crippen LogP contribution >= 0.6 is 0 Å². The van der Waals surface area contributed by atoms with Gasteiger partial charge < -0.3 is 24.8 Å².